The Hall–Kier alpha value is -2.82. The van der Waals surface area contributed by atoms with E-state index < -0.39 is 10.8 Å². The number of phenolic OH excluding ortho intramolecular Hbond substituents is 1. The normalized spacial score (nSPS) is 37.0. The zero-order chi connectivity index (χ0) is 27.8. The van der Waals surface area contributed by atoms with Gasteiger partial charge in [0.25, 0.3) is 0 Å². The molecule has 6 atom stereocenters. The molecule has 0 spiro atoms. The number of rotatable bonds is 2. The summed E-state index contributed by atoms with van der Waals surface area (Å²) in [6.45, 7) is 8.76. The van der Waals surface area contributed by atoms with Crippen LogP contribution in [-0.4, -0.2) is 16.9 Å². The van der Waals surface area contributed by atoms with Gasteiger partial charge in [-0.05, 0) is 121 Å². The molecular weight excluding hydrogens is 484 g/mol. The van der Waals surface area contributed by atoms with E-state index in [-0.39, 0.29) is 40.2 Å². The van der Waals surface area contributed by atoms with Gasteiger partial charge in [-0.1, -0.05) is 52.7 Å². The molecule has 4 N–H and O–H groups in total. The Bertz CT molecular complexity index is 1250. The van der Waals surface area contributed by atoms with Crippen LogP contribution >= 0.6 is 0 Å². The second-order valence-electron chi connectivity index (χ2n) is 14.1. The smallest absolute Gasteiger partial charge is 0.232 e. The second kappa shape index (κ2) is 8.84. The van der Waals surface area contributed by atoms with Crippen LogP contribution in [0.3, 0.4) is 0 Å². The zero-order valence-electron chi connectivity index (χ0n) is 24.0. The predicted molar refractivity (Wildman–Crippen MR) is 154 cm³/mol. The lowest BCUT2D eigenvalue weighted by Gasteiger charge is -2.56. The third kappa shape index (κ3) is 3.78. The first-order valence-electron chi connectivity index (χ1n) is 15.0. The lowest BCUT2D eigenvalue weighted by atomic mass is 9.49. The number of fused-ring (bicyclic) bond motifs is 6. The molecule has 2 aromatic rings. The summed E-state index contributed by atoms with van der Waals surface area (Å²) in [4.78, 5) is 28.4. The maximum Gasteiger partial charge on any atom is 0.232 e. The van der Waals surface area contributed by atoms with E-state index in [1.807, 2.05) is 18.2 Å². The molecular formula is C34H44N2O3. The van der Waals surface area contributed by atoms with Gasteiger partial charge in [-0.3, -0.25) is 14.9 Å². The molecule has 2 saturated carbocycles. The highest BCUT2D eigenvalue weighted by Crippen LogP contribution is 2.59. The van der Waals surface area contributed by atoms with Gasteiger partial charge in [0.15, 0.2) is 0 Å². The van der Waals surface area contributed by atoms with E-state index in [2.05, 4.69) is 45.1 Å². The Balaban J connectivity index is 1.28. The third-order valence-corrected chi connectivity index (χ3v) is 12.0. The molecule has 3 unspecified atom stereocenters. The van der Waals surface area contributed by atoms with Crippen LogP contribution in [0, 0.1) is 22.7 Å². The van der Waals surface area contributed by atoms with E-state index >= 15 is 0 Å². The molecule has 0 radical (unpaired) electrons. The molecule has 0 bridgehead atoms. The number of phenols is 1. The van der Waals surface area contributed by atoms with Crippen molar-refractivity contribution in [1.82, 2.24) is 5.32 Å². The SMILES string of the molecule is CC1(C(=O)NC(=O)[C@@]2(C)CCC[C@]3(C)c4cc(N)ccc4CC[C@@H]23)CCCC2(C)c3cc(O)ccc3CCC12. The largest absolute Gasteiger partial charge is 0.508 e. The van der Waals surface area contributed by atoms with Gasteiger partial charge in [-0.15, -0.1) is 0 Å². The van der Waals surface area contributed by atoms with Crippen molar-refractivity contribution in [1.29, 1.82) is 0 Å². The summed E-state index contributed by atoms with van der Waals surface area (Å²) >= 11 is 0. The third-order valence-electron chi connectivity index (χ3n) is 12.0. The molecule has 2 fully saturated rings. The lowest BCUT2D eigenvalue weighted by molar-refractivity contribution is -0.150. The highest BCUT2D eigenvalue weighted by molar-refractivity contribution is 6.00. The van der Waals surface area contributed by atoms with Crippen molar-refractivity contribution in [3.8, 4) is 5.75 Å². The Morgan fingerprint density at radius 1 is 0.769 bits per heavy atom. The van der Waals surface area contributed by atoms with Crippen molar-refractivity contribution in [2.45, 2.75) is 103 Å². The number of nitrogens with one attached hydrogen (secondary N) is 1. The number of benzene rings is 2. The van der Waals surface area contributed by atoms with Gasteiger partial charge in [0.2, 0.25) is 11.8 Å². The van der Waals surface area contributed by atoms with Crippen LogP contribution in [0.4, 0.5) is 5.69 Å². The maximum atomic E-state index is 14.2. The Kier molecular flexibility index (Phi) is 5.99. The van der Waals surface area contributed by atoms with Crippen LogP contribution in [0.1, 0.15) is 101 Å². The number of aromatic hydroxyl groups is 1. The number of imide groups is 1. The van der Waals surface area contributed by atoms with E-state index in [9.17, 15) is 14.7 Å². The summed E-state index contributed by atoms with van der Waals surface area (Å²) in [5, 5.41) is 13.3. The Morgan fingerprint density at radius 2 is 1.26 bits per heavy atom. The Morgan fingerprint density at radius 3 is 1.79 bits per heavy atom. The molecule has 208 valence electrons. The minimum absolute atomic E-state index is 0.0990. The monoisotopic (exact) mass is 528 g/mol. The van der Waals surface area contributed by atoms with Crippen molar-refractivity contribution >= 4 is 17.5 Å². The summed E-state index contributed by atoms with van der Waals surface area (Å²) in [6, 6.07) is 12.0. The minimum Gasteiger partial charge on any atom is -0.508 e. The second-order valence-corrected chi connectivity index (χ2v) is 14.1. The lowest BCUT2D eigenvalue weighted by Crippen LogP contribution is -2.60. The number of carbonyl (C=O) groups excluding carboxylic acids is 2. The molecule has 0 saturated heterocycles. The topological polar surface area (TPSA) is 92.4 Å². The minimum atomic E-state index is -0.631. The van der Waals surface area contributed by atoms with E-state index in [0.29, 0.717) is 0 Å². The molecule has 0 aromatic heterocycles. The number of anilines is 1. The average molecular weight is 529 g/mol. The number of hydrogen-bond acceptors (Lipinski definition) is 4. The highest BCUT2D eigenvalue weighted by atomic mass is 16.3. The molecule has 0 heterocycles. The van der Waals surface area contributed by atoms with Crippen molar-refractivity contribution in [3.63, 3.8) is 0 Å². The molecule has 5 nitrogen and oxygen atoms in total. The van der Waals surface area contributed by atoms with E-state index in [4.69, 9.17) is 5.73 Å². The maximum absolute atomic E-state index is 14.2. The molecule has 5 heteroatoms. The fourth-order valence-electron chi connectivity index (χ4n) is 9.86. The van der Waals surface area contributed by atoms with Gasteiger partial charge in [-0.25, -0.2) is 0 Å². The van der Waals surface area contributed by atoms with E-state index in [0.717, 1.165) is 69.9 Å². The molecule has 2 aromatic carbocycles. The van der Waals surface area contributed by atoms with Crippen LogP contribution in [-0.2, 0) is 33.3 Å². The van der Waals surface area contributed by atoms with Crippen LogP contribution in [0.15, 0.2) is 36.4 Å². The van der Waals surface area contributed by atoms with Gasteiger partial charge in [-0.2, -0.15) is 0 Å². The molecule has 0 aliphatic heterocycles. The highest BCUT2D eigenvalue weighted by Gasteiger charge is 2.58. The number of nitrogen functional groups attached to an aromatic ring is 1. The number of nitrogens with two attached hydrogens (primary N) is 1. The van der Waals surface area contributed by atoms with Crippen LogP contribution in [0.25, 0.3) is 0 Å². The zero-order valence-corrected chi connectivity index (χ0v) is 24.0. The number of amides is 2. The van der Waals surface area contributed by atoms with Crippen molar-refractivity contribution in [2.24, 2.45) is 22.7 Å². The quantitative estimate of drug-likeness (QED) is 0.313. The van der Waals surface area contributed by atoms with Crippen LogP contribution < -0.4 is 11.1 Å². The molecule has 4 aliphatic rings. The predicted octanol–water partition coefficient (Wildman–Crippen LogP) is 6.34. The number of aryl methyl sites for hydroxylation is 2. The van der Waals surface area contributed by atoms with Crippen molar-refractivity contribution < 1.29 is 14.7 Å². The van der Waals surface area contributed by atoms with Crippen molar-refractivity contribution in [3.05, 3.63) is 58.7 Å². The summed E-state index contributed by atoms with van der Waals surface area (Å²) in [5.74, 6) is 0.357. The summed E-state index contributed by atoms with van der Waals surface area (Å²) in [6.07, 6.45) is 9.20. The fraction of sp³-hybridized carbons (Fsp3) is 0.588. The Labute approximate surface area is 233 Å². The van der Waals surface area contributed by atoms with Crippen LogP contribution in [0.2, 0.25) is 0 Å². The molecule has 2 amide bonds. The average Bonchev–Trinajstić information content (AvgIpc) is 2.89. The first-order valence-corrected chi connectivity index (χ1v) is 15.0. The van der Waals surface area contributed by atoms with E-state index in [1.54, 1.807) is 6.07 Å². The fourth-order valence-corrected chi connectivity index (χ4v) is 9.86. The standard InChI is InChI=1S/C34H44N2O3/c1-31-15-5-17-33(3,27(31)13-9-21-7-11-23(35)19-25(21)31)29(38)36-30(39)34(4)18-6-16-32(2)26-20-24(37)12-8-22(26)10-14-28(32)34/h7-8,11-12,19-20,27-28,37H,5-6,9-10,13-18,35H2,1-4H3,(H,36,38,39)/t27-,28?,31-,32?,33+,34?/m1/s1. The summed E-state index contributed by atoms with van der Waals surface area (Å²) in [7, 11) is 0. The van der Waals surface area contributed by atoms with Gasteiger partial charge in [0.1, 0.15) is 5.75 Å². The van der Waals surface area contributed by atoms with Gasteiger partial charge >= 0.3 is 0 Å². The van der Waals surface area contributed by atoms with Gasteiger partial charge in [0.05, 0.1) is 10.8 Å². The first kappa shape index (κ1) is 26.4. The first-order chi connectivity index (χ1) is 18.4. The molecule has 39 heavy (non-hydrogen) atoms. The number of carbonyl (C=O) groups is 2. The van der Waals surface area contributed by atoms with Gasteiger partial charge in [0, 0.05) is 5.69 Å². The molecule has 4 aliphatic carbocycles. The van der Waals surface area contributed by atoms with Gasteiger partial charge < -0.3 is 10.8 Å². The summed E-state index contributed by atoms with van der Waals surface area (Å²) < 4.78 is 0. The van der Waals surface area contributed by atoms with Crippen molar-refractivity contribution in [2.75, 3.05) is 5.73 Å². The summed E-state index contributed by atoms with van der Waals surface area (Å²) in [5.41, 5.74) is 10.5. The van der Waals surface area contributed by atoms with E-state index in [1.165, 1.54) is 22.3 Å². The van der Waals surface area contributed by atoms with Crippen LogP contribution in [0.5, 0.6) is 5.75 Å². The molecule has 6 rings (SSSR count). The number of hydrogen-bond donors (Lipinski definition) is 3.